The van der Waals surface area contributed by atoms with Crippen molar-refractivity contribution in [3.05, 3.63) is 41.0 Å². The van der Waals surface area contributed by atoms with Gasteiger partial charge in [0.05, 0.1) is 11.8 Å². The number of nitrogens with one attached hydrogen (secondary N) is 2. The Kier molecular flexibility index (Phi) is 4.77. The van der Waals surface area contributed by atoms with Crippen molar-refractivity contribution >= 4 is 40.5 Å². The van der Waals surface area contributed by atoms with Gasteiger partial charge >= 0.3 is 0 Å². The van der Waals surface area contributed by atoms with Crippen LogP contribution >= 0.6 is 23.8 Å². The molecule has 2 rings (SSSR count). The summed E-state index contributed by atoms with van der Waals surface area (Å²) in [6, 6.07) is 6.80. The number of nitrogens with two attached hydrogens (primary N) is 1. The van der Waals surface area contributed by atoms with Gasteiger partial charge in [0.1, 0.15) is 16.6 Å². The van der Waals surface area contributed by atoms with Crippen LogP contribution in [-0.2, 0) is 4.79 Å². The smallest absolute Gasteiger partial charge is 0.266 e. The molecule has 0 spiro atoms. The van der Waals surface area contributed by atoms with E-state index in [1.165, 1.54) is 6.20 Å². The number of nitrogens with zero attached hydrogens (tertiary/aromatic N) is 1. The van der Waals surface area contributed by atoms with Crippen molar-refractivity contribution in [2.75, 3.05) is 5.32 Å². The maximum absolute atomic E-state index is 12.1. The largest absolute Gasteiger partial charge is 0.481 e. The van der Waals surface area contributed by atoms with Crippen LogP contribution in [0.25, 0.3) is 0 Å². The summed E-state index contributed by atoms with van der Waals surface area (Å²) in [5.74, 6) is 0.482. The Morgan fingerprint density at radius 1 is 1.57 bits per heavy atom. The molecular weight excluding hydrogens is 312 g/mol. The molecule has 0 aliphatic carbocycles. The molecule has 1 amide bonds. The molecule has 0 saturated heterocycles. The monoisotopic (exact) mass is 324 g/mol. The van der Waals surface area contributed by atoms with Crippen molar-refractivity contribution in [1.29, 1.82) is 0 Å². The average Bonchev–Trinajstić information content (AvgIpc) is 2.87. The molecule has 0 radical (unpaired) electrons. The predicted molar refractivity (Wildman–Crippen MR) is 84.6 cm³/mol. The number of thiocarbonyl (C=S) groups is 1. The van der Waals surface area contributed by atoms with Gasteiger partial charge in [-0.3, -0.25) is 9.89 Å². The summed E-state index contributed by atoms with van der Waals surface area (Å²) < 4.78 is 5.51. The summed E-state index contributed by atoms with van der Waals surface area (Å²) in [4.78, 5) is 12.2. The topological polar surface area (TPSA) is 93.0 Å². The van der Waals surface area contributed by atoms with Crippen LogP contribution in [0.2, 0.25) is 5.02 Å². The molecule has 0 fully saturated rings. The molecule has 110 valence electrons. The SMILES string of the molecule is CC(Oc1cccc(Cl)c1)C(=O)Nc1[nH]ncc1C(N)=S. The van der Waals surface area contributed by atoms with Gasteiger partial charge in [0, 0.05) is 5.02 Å². The number of anilines is 1. The Morgan fingerprint density at radius 2 is 2.33 bits per heavy atom. The molecule has 0 bridgehead atoms. The number of ether oxygens (including phenoxy) is 1. The van der Waals surface area contributed by atoms with Crippen LogP contribution in [-0.4, -0.2) is 27.2 Å². The van der Waals surface area contributed by atoms with E-state index in [2.05, 4.69) is 15.5 Å². The summed E-state index contributed by atoms with van der Waals surface area (Å²) in [5.41, 5.74) is 5.99. The van der Waals surface area contributed by atoms with Gasteiger partial charge in [-0.15, -0.1) is 0 Å². The van der Waals surface area contributed by atoms with Crippen LogP contribution in [0.3, 0.4) is 0 Å². The molecule has 1 heterocycles. The fraction of sp³-hybridized carbons (Fsp3) is 0.154. The molecule has 6 nitrogen and oxygen atoms in total. The Labute approximate surface area is 131 Å². The Balaban J connectivity index is 2.03. The standard InChI is InChI=1S/C13H13ClN4O2S/c1-7(20-9-4-2-3-8(14)5-9)13(19)17-12-10(11(15)21)6-16-18-12/h2-7H,1H3,(H2,15,21)(H2,16,17,18,19). The van der Waals surface area contributed by atoms with Crippen LogP contribution < -0.4 is 15.8 Å². The maximum atomic E-state index is 12.1. The van der Waals surface area contributed by atoms with Gasteiger partial charge in [-0.2, -0.15) is 5.10 Å². The molecule has 1 aromatic carbocycles. The number of hydrogen-bond donors (Lipinski definition) is 3. The summed E-state index contributed by atoms with van der Waals surface area (Å²) in [5, 5.41) is 9.56. The number of rotatable bonds is 5. The fourth-order valence-electron chi connectivity index (χ4n) is 1.59. The zero-order chi connectivity index (χ0) is 15.4. The molecule has 1 aromatic heterocycles. The molecule has 2 aromatic rings. The molecule has 21 heavy (non-hydrogen) atoms. The van der Waals surface area contributed by atoms with Gasteiger partial charge in [0.25, 0.3) is 5.91 Å². The predicted octanol–water partition coefficient (Wildman–Crippen LogP) is 2.10. The minimum absolute atomic E-state index is 0.141. The molecule has 0 aliphatic heterocycles. The van der Waals surface area contributed by atoms with Crippen LogP contribution in [0.1, 0.15) is 12.5 Å². The lowest BCUT2D eigenvalue weighted by molar-refractivity contribution is -0.122. The van der Waals surface area contributed by atoms with E-state index in [9.17, 15) is 4.79 Å². The van der Waals surface area contributed by atoms with Crippen molar-refractivity contribution in [3.8, 4) is 5.75 Å². The number of H-pyrrole nitrogens is 1. The highest BCUT2D eigenvalue weighted by Crippen LogP contribution is 2.19. The van der Waals surface area contributed by atoms with Crippen LogP contribution in [0.5, 0.6) is 5.75 Å². The molecule has 0 saturated carbocycles. The number of benzene rings is 1. The van der Waals surface area contributed by atoms with E-state index in [-0.39, 0.29) is 10.9 Å². The van der Waals surface area contributed by atoms with Crippen LogP contribution in [0.15, 0.2) is 30.5 Å². The quantitative estimate of drug-likeness (QED) is 0.732. The minimum atomic E-state index is -0.731. The van der Waals surface area contributed by atoms with Gasteiger partial charge in [0.2, 0.25) is 0 Å². The maximum Gasteiger partial charge on any atom is 0.266 e. The second-order valence-corrected chi connectivity index (χ2v) is 5.11. The number of amides is 1. The highest BCUT2D eigenvalue weighted by atomic mass is 35.5. The van der Waals surface area contributed by atoms with Crippen LogP contribution in [0.4, 0.5) is 5.82 Å². The van der Waals surface area contributed by atoms with Gasteiger partial charge in [0.15, 0.2) is 6.10 Å². The average molecular weight is 325 g/mol. The van der Waals surface area contributed by atoms with Crippen molar-refractivity contribution in [2.45, 2.75) is 13.0 Å². The Hall–Kier alpha value is -2.12. The van der Waals surface area contributed by atoms with Gasteiger partial charge in [-0.1, -0.05) is 29.9 Å². The highest BCUT2D eigenvalue weighted by Gasteiger charge is 2.18. The summed E-state index contributed by atoms with van der Waals surface area (Å²) in [6.07, 6.45) is 0.714. The number of aromatic amines is 1. The van der Waals surface area contributed by atoms with E-state index in [0.717, 1.165) is 0 Å². The number of carbonyl (C=O) groups excluding carboxylic acids is 1. The summed E-state index contributed by atoms with van der Waals surface area (Å²) in [6.45, 7) is 1.62. The van der Waals surface area contributed by atoms with Crippen molar-refractivity contribution in [3.63, 3.8) is 0 Å². The summed E-state index contributed by atoms with van der Waals surface area (Å²) in [7, 11) is 0. The first-order valence-corrected chi connectivity index (χ1v) is 6.82. The number of halogens is 1. The number of carbonyl (C=O) groups is 1. The first-order chi connectivity index (χ1) is 9.97. The van der Waals surface area contributed by atoms with E-state index in [1.807, 2.05) is 0 Å². The zero-order valence-corrected chi connectivity index (χ0v) is 12.7. The van der Waals surface area contributed by atoms with E-state index >= 15 is 0 Å². The lowest BCUT2D eigenvalue weighted by atomic mass is 10.3. The van der Waals surface area contributed by atoms with E-state index < -0.39 is 6.10 Å². The van der Waals surface area contributed by atoms with Gasteiger partial charge in [-0.25, -0.2) is 0 Å². The molecule has 1 atom stereocenters. The lowest BCUT2D eigenvalue weighted by Gasteiger charge is -2.14. The summed E-state index contributed by atoms with van der Waals surface area (Å²) >= 11 is 10.7. The van der Waals surface area contributed by atoms with Gasteiger partial charge < -0.3 is 15.8 Å². The molecule has 0 aliphatic rings. The lowest BCUT2D eigenvalue weighted by Crippen LogP contribution is -2.31. The van der Waals surface area contributed by atoms with E-state index in [4.69, 9.17) is 34.3 Å². The fourth-order valence-corrected chi connectivity index (χ4v) is 1.93. The van der Waals surface area contributed by atoms with Gasteiger partial charge in [-0.05, 0) is 25.1 Å². The molecular formula is C13H13ClN4O2S. The number of hydrogen-bond acceptors (Lipinski definition) is 4. The highest BCUT2D eigenvalue weighted by molar-refractivity contribution is 7.80. The second kappa shape index (κ2) is 6.55. The minimum Gasteiger partial charge on any atom is -0.481 e. The van der Waals surface area contributed by atoms with E-state index in [0.29, 0.717) is 22.2 Å². The van der Waals surface area contributed by atoms with Crippen molar-refractivity contribution in [1.82, 2.24) is 10.2 Å². The second-order valence-electron chi connectivity index (χ2n) is 4.23. The normalized spacial score (nSPS) is 11.7. The zero-order valence-electron chi connectivity index (χ0n) is 11.1. The Bertz CT molecular complexity index is 674. The first-order valence-electron chi connectivity index (χ1n) is 6.03. The molecule has 4 N–H and O–H groups in total. The Morgan fingerprint density at radius 3 is 3.00 bits per heavy atom. The third kappa shape index (κ3) is 3.93. The van der Waals surface area contributed by atoms with Crippen molar-refractivity contribution < 1.29 is 9.53 Å². The van der Waals surface area contributed by atoms with E-state index in [1.54, 1.807) is 31.2 Å². The van der Waals surface area contributed by atoms with Crippen molar-refractivity contribution in [2.24, 2.45) is 5.73 Å². The van der Waals surface area contributed by atoms with Crippen LogP contribution in [0, 0.1) is 0 Å². The first kappa shape index (κ1) is 15.3. The molecule has 8 heteroatoms. The number of aromatic nitrogens is 2. The molecule has 1 unspecified atom stereocenters. The third-order valence-corrected chi connectivity index (χ3v) is 3.09. The third-order valence-electron chi connectivity index (χ3n) is 2.63.